The summed E-state index contributed by atoms with van der Waals surface area (Å²) in [6.45, 7) is 2.66. The van der Waals surface area contributed by atoms with Crippen LogP contribution in [0, 0.1) is 0 Å². The molecule has 0 aromatic heterocycles. The smallest absolute Gasteiger partial charge is 0.0889 e. The molecular weight excluding hydrogens is 228 g/mol. The van der Waals surface area contributed by atoms with Gasteiger partial charge in [-0.1, -0.05) is 23.4 Å². The topological polar surface area (TPSA) is 45.1 Å². The molecule has 0 saturated carbocycles. The number of nitrogens with zero attached hydrogens (tertiary/aromatic N) is 2. The number of oxime groups is 1. The standard InChI is InChI=1S/C14H18N2O2/c17-15-13-5-3-8-16(11-7-9-18-10-11)14-6-2-1-4-12(13)14/h1-2,4,6,11,17H,3,5,7-10H2/b15-13-. The van der Waals surface area contributed by atoms with Gasteiger partial charge in [-0.3, -0.25) is 0 Å². The largest absolute Gasteiger partial charge is 0.411 e. The Labute approximate surface area is 107 Å². The lowest BCUT2D eigenvalue weighted by Gasteiger charge is -2.30. The minimum Gasteiger partial charge on any atom is -0.411 e. The van der Waals surface area contributed by atoms with Crippen LogP contribution in [0.3, 0.4) is 0 Å². The van der Waals surface area contributed by atoms with E-state index in [2.05, 4.69) is 16.1 Å². The monoisotopic (exact) mass is 246 g/mol. The average molecular weight is 246 g/mol. The molecule has 1 fully saturated rings. The highest BCUT2D eigenvalue weighted by atomic mass is 16.5. The molecule has 1 atom stereocenters. The summed E-state index contributed by atoms with van der Waals surface area (Å²) in [6.07, 6.45) is 2.93. The Kier molecular flexibility index (Phi) is 3.19. The number of anilines is 1. The highest BCUT2D eigenvalue weighted by molar-refractivity contribution is 6.05. The fraction of sp³-hybridized carbons (Fsp3) is 0.500. The second-order valence-corrected chi connectivity index (χ2v) is 4.88. The molecule has 0 aliphatic carbocycles. The molecule has 1 aromatic carbocycles. The molecule has 4 heteroatoms. The molecule has 1 aromatic rings. The summed E-state index contributed by atoms with van der Waals surface area (Å²) in [5.74, 6) is 0. The highest BCUT2D eigenvalue weighted by Gasteiger charge is 2.27. The first-order chi connectivity index (χ1) is 8.90. The Morgan fingerprint density at radius 3 is 3.00 bits per heavy atom. The molecule has 0 bridgehead atoms. The molecule has 0 spiro atoms. The first-order valence-electron chi connectivity index (χ1n) is 6.55. The third kappa shape index (κ3) is 1.97. The van der Waals surface area contributed by atoms with E-state index in [4.69, 9.17) is 9.94 Å². The van der Waals surface area contributed by atoms with E-state index in [-0.39, 0.29) is 0 Å². The van der Waals surface area contributed by atoms with Crippen molar-refractivity contribution < 1.29 is 9.94 Å². The Hall–Kier alpha value is -1.55. The average Bonchev–Trinajstić information content (AvgIpc) is 2.87. The van der Waals surface area contributed by atoms with Crippen molar-refractivity contribution in [2.45, 2.75) is 25.3 Å². The quantitative estimate of drug-likeness (QED) is 0.610. The lowest BCUT2D eigenvalue weighted by atomic mass is 10.1. The SMILES string of the molecule is O/N=C1/CCCN(C2CCOC2)c2ccccc21. The summed E-state index contributed by atoms with van der Waals surface area (Å²) >= 11 is 0. The molecule has 1 N–H and O–H groups in total. The van der Waals surface area contributed by atoms with Gasteiger partial charge < -0.3 is 14.8 Å². The van der Waals surface area contributed by atoms with Crippen LogP contribution in [0.15, 0.2) is 29.4 Å². The maximum absolute atomic E-state index is 9.16. The first-order valence-corrected chi connectivity index (χ1v) is 6.55. The van der Waals surface area contributed by atoms with E-state index in [1.165, 1.54) is 5.69 Å². The predicted molar refractivity (Wildman–Crippen MR) is 70.6 cm³/mol. The Morgan fingerprint density at radius 2 is 2.22 bits per heavy atom. The zero-order chi connectivity index (χ0) is 12.4. The number of ether oxygens (including phenoxy) is 1. The second kappa shape index (κ2) is 4.98. The highest BCUT2D eigenvalue weighted by Crippen LogP contribution is 2.30. The van der Waals surface area contributed by atoms with Crippen LogP contribution >= 0.6 is 0 Å². The van der Waals surface area contributed by atoms with Crippen molar-refractivity contribution in [3.8, 4) is 0 Å². The van der Waals surface area contributed by atoms with Crippen LogP contribution in [0.5, 0.6) is 0 Å². The van der Waals surface area contributed by atoms with Crippen LogP contribution in [0.4, 0.5) is 5.69 Å². The van der Waals surface area contributed by atoms with Crippen molar-refractivity contribution in [1.82, 2.24) is 0 Å². The van der Waals surface area contributed by atoms with Gasteiger partial charge in [0, 0.05) is 24.4 Å². The van der Waals surface area contributed by atoms with Gasteiger partial charge in [-0.05, 0) is 25.3 Å². The van der Waals surface area contributed by atoms with Gasteiger partial charge >= 0.3 is 0 Å². The second-order valence-electron chi connectivity index (χ2n) is 4.88. The van der Waals surface area contributed by atoms with Crippen molar-refractivity contribution in [1.29, 1.82) is 0 Å². The molecular formula is C14H18N2O2. The van der Waals surface area contributed by atoms with E-state index in [0.717, 1.165) is 50.3 Å². The summed E-state index contributed by atoms with van der Waals surface area (Å²) in [7, 11) is 0. The van der Waals surface area contributed by atoms with E-state index < -0.39 is 0 Å². The van der Waals surface area contributed by atoms with Crippen molar-refractivity contribution in [2.24, 2.45) is 5.16 Å². The molecule has 0 radical (unpaired) electrons. The summed E-state index contributed by atoms with van der Waals surface area (Å²) in [5.41, 5.74) is 3.04. The molecule has 2 aliphatic rings. The molecule has 3 rings (SSSR count). The maximum Gasteiger partial charge on any atom is 0.0889 e. The van der Waals surface area contributed by atoms with Gasteiger partial charge in [0.15, 0.2) is 0 Å². The Morgan fingerprint density at radius 1 is 1.33 bits per heavy atom. The summed E-state index contributed by atoms with van der Waals surface area (Å²) < 4.78 is 5.50. The lowest BCUT2D eigenvalue weighted by molar-refractivity contribution is 0.193. The molecule has 96 valence electrons. The molecule has 2 aliphatic heterocycles. The summed E-state index contributed by atoms with van der Waals surface area (Å²) in [5, 5.41) is 12.6. The predicted octanol–water partition coefficient (Wildman–Crippen LogP) is 2.25. The van der Waals surface area contributed by atoms with Crippen LogP contribution < -0.4 is 4.90 Å². The normalized spacial score (nSPS) is 26.1. The number of hydrogen-bond acceptors (Lipinski definition) is 4. The van der Waals surface area contributed by atoms with E-state index in [1.54, 1.807) is 0 Å². The van der Waals surface area contributed by atoms with Gasteiger partial charge in [0.1, 0.15) is 0 Å². The molecule has 0 amide bonds. The Bertz CT molecular complexity index is 453. The summed E-state index contributed by atoms with van der Waals surface area (Å²) in [4.78, 5) is 2.42. The van der Waals surface area contributed by atoms with Crippen molar-refractivity contribution in [3.05, 3.63) is 29.8 Å². The molecule has 18 heavy (non-hydrogen) atoms. The maximum atomic E-state index is 9.16. The Balaban J connectivity index is 2.01. The zero-order valence-corrected chi connectivity index (χ0v) is 10.4. The lowest BCUT2D eigenvalue weighted by Crippen LogP contribution is -2.36. The zero-order valence-electron chi connectivity index (χ0n) is 10.4. The third-order valence-corrected chi connectivity index (χ3v) is 3.80. The van der Waals surface area contributed by atoms with Crippen molar-refractivity contribution >= 4 is 11.4 Å². The van der Waals surface area contributed by atoms with Crippen molar-refractivity contribution in [2.75, 3.05) is 24.7 Å². The van der Waals surface area contributed by atoms with Crippen LogP contribution in [0.1, 0.15) is 24.8 Å². The van der Waals surface area contributed by atoms with E-state index in [0.29, 0.717) is 6.04 Å². The van der Waals surface area contributed by atoms with Crippen LogP contribution in [0.25, 0.3) is 0 Å². The van der Waals surface area contributed by atoms with E-state index in [9.17, 15) is 0 Å². The number of fused-ring (bicyclic) bond motifs is 1. The number of hydrogen-bond donors (Lipinski definition) is 1. The van der Waals surface area contributed by atoms with Crippen LogP contribution in [-0.2, 0) is 4.74 Å². The van der Waals surface area contributed by atoms with Crippen molar-refractivity contribution in [3.63, 3.8) is 0 Å². The number of rotatable bonds is 1. The molecule has 4 nitrogen and oxygen atoms in total. The number of benzene rings is 1. The van der Waals surface area contributed by atoms with Gasteiger partial charge in [0.2, 0.25) is 0 Å². The molecule has 1 saturated heterocycles. The number of para-hydroxylation sites is 1. The van der Waals surface area contributed by atoms with Gasteiger partial charge in [-0.25, -0.2) is 0 Å². The van der Waals surface area contributed by atoms with Crippen LogP contribution in [0.2, 0.25) is 0 Å². The van der Waals surface area contributed by atoms with E-state index in [1.807, 2.05) is 18.2 Å². The van der Waals surface area contributed by atoms with Crippen LogP contribution in [-0.4, -0.2) is 36.7 Å². The van der Waals surface area contributed by atoms with E-state index >= 15 is 0 Å². The third-order valence-electron chi connectivity index (χ3n) is 3.80. The molecule has 2 heterocycles. The van der Waals surface area contributed by atoms with Gasteiger partial charge in [-0.2, -0.15) is 0 Å². The first kappa shape index (κ1) is 11.5. The minimum absolute atomic E-state index is 0.462. The van der Waals surface area contributed by atoms with Gasteiger partial charge in [0.25, 0.3) is 0 Å². The fourth-order valence-electron chi connectivity index (χ4n) is 2.89. The van der Waals surface area contributed by atoms with Gasteiger partial charge in [0.05, 0.1) is 18.4 Å². The molecule has 1 unspecified atom stereocenters. The fourth-order valence-corrected chi connectivity index (χ4v) is 2.89. The summed E-state index contributed by atoms with van der Waals surface area (Å²) in [6, 6.07) is 8.66. The van der Waals surface area contributed by atoms with Gasteiger partial charge in [-0.15, -0.1) is 0 Å². The minimum atomic E-state index is 0.462.